The summed E-state index contributed by atoms with van der Waals surface area (Å²) in [5, 5.41) is 3.10. The number of nitrogens with two attached hydrogens (primary N) is 2. The molecule has 0 unspecified atom stereocenters. The van der Waals surface area contributed by atoms with Crippen molar-refractivity contribution in [3.63, 3.8) is 0 Å². The summed E-state index contributed by atoms with van der Waals surface area (Å²) in [5.41, 5.74) is 12.3. The standard InChI is InChI=1S/C11H17N3O3/c1-3-4-14-10-8(12)5-7(11(13)15)6-9(10)17-16-2/h5-6,14H,3-4,12H2,1-2H3,(H2,13,15). The molecule has 1 rings (SSSR count). The highest BCUT2D eigenvalue weighted by molar-refractivity contribution is 5.96. The van der Waals surface area contributed by atoms with E-state index >= 15 is 0 Å². The Morgan fingerprint density at radius 2 is 2.18 bits per heavy atom. The number of anilines is 2. The second kappa shape index (κ2) is 5.95. The van der Waals surface area contributed by atoms with Crippen LogP contribution in [-0.2, 0) is 4.89 Å². The van der Waals surface area contributed by atoms with E-state index in [2.05, 4.69) is 10.2 Å². The number of primary amides is 1. The molecule has 0 aliphatic rings. The van der Waals surface area contributed by atoms with Crippen molar-refractivity contribution in [3.8, 4) is 5.75 Å². The first-order valence-corrected chi connectivity index (χ1v) is 5.28. The predicted octanol–water partition coefficient (Wildman–Crippen LogP) is 1.13. The minimum atomic E-state index is -0.570. The van der Waals surface area contributed by atoms with Gasteiger partial charge in [-0.3, -0.25) is 4.79 Å². The first-order chi connectivity index (χ1) is 8.10. The number of nitrogen functional groups attached to an aromatic ring is 1. The molecule has 0 heterocycles. The molecule has 0 radical (unpaired) electrons. The van der Waals surface area contributed by atoms with Gasteiger partial charge in [0, 0.05) is 12.1 Å². The Hall–Kier alpha value is -1.95. The zero-order chi connectivity index (χ0) is 12.8. The summed E-state index contributed by atoms with van der Waals surface area (Å²) >= 11 is 0. The largest absolute Gasteiger partial charge is 0.397 e. The summed E-state index contributed by atoms with van der Waals surface area (Å²) < 4.78 is 0. The van der Waals surface area contributed by atoms with E-state index in [4.69, 9.17) is 16.4 Å². The number of hydrogen-bond acceptors (Lipinski definition) is 5. The molecule has 0 aliphatic carbocycles. The van der Waals surface area contributed by atoms with Crippen molar-refractivity contribution in [1.29, 1.82) is 0 Å². The van der Waals surface area contributed by atoms with Crippen LogP contribution >= 0.6 is 0 Å². The van der Waals surface area contributed by atoms with Gasteiger partial charge < -0.3 is 21.7 Å². The molecule has 5 N–H and O–H groups in total. The molecule has 94 valence electrons. The van der Waals surface area contributed by atoms with Gasteiger partial charge in [-0.15, -0.1) is 0 Å². The van der Waals surface area contributed by atoms with Gasteiger partial charge in [0.2, 0.25) is 5.91 Å². The molecule has 0 aromatic heterocycles. The van der Waals surface area contributed by atoms with Gasteiger partial charge in [-0.05, 0) is 18.6 Å². The van der Waals surface area contributed by atoms with E-state index < -0.39 is 5.91 Å². The van der Waals surface area contributed by atoms with Gasteiger partial charge >= 0.3 is 0 Å². The van der Waals surface area contributed by atoms with E-state index in [-0.39, 0.29) is 5.56 Å². The van der Waals surface area contributed by atoms with E-state index in [9.17, 15) is 4.79 Å². The molecule has 1 aromatic carbocycles. The Morgan fingerprint density at radius 1 is 1.47 bits per heavy atom. The number of nitrogens with one attached hydrogen (secondary N) is 1. The van der Waals surface area contributed by atoms with Gasteiger partial charge in [-0.2, -0.15) is 4.89 Å². The third-order valence-electron chi connectivity index (χ3n) is 2.14. The van der Waals surface area contributed by atoms with E-state index in [1.165, 1.54) is 19.2 Å². The third kappa shape index (κ3) is 3.25. The van der Waals surface area contributed by atoms with Gasteiger partial charge in [0.25, 0.3) is 0 Å². The van der Waals surface area contributed by atoms with Crippen LogP contribution in [0.25, 0.3) is 0 Å². The van der Waals surface area contributed by atoms with Crippen LogP contribution in [0.4, 0.5) is 11.4 Å². The maximum absolute atomic E-state index is 11.1. The molecular formula is C11H17N3O3. The first-order valence-electron chi connectivity index (χ1n) is 5.28. The molecule has 6 heteroatoms. The van der Waals surface area contributed by atoms with Gasteiger partial charge in [0.1, 0.15) is 5.69 Å². The highest BCUT2D eigenvalue weighted by Crippen LogP contribution is 2.32. The smallest absolute Gasteiger partial charge is 0.248 e. The highest BCUT2D eigenvalue weighted by Gasteiger charge is 2.13. The monoisotopic (exact) mass is 239 g/mol. The van der Waals surface area contributed by atoms with Crippen LogP contribution in [0.1, 0.15) is 23.7 Å². The second-order valence-corrected chi connectivity index (χ2v) is 3.48. The van der Waals surface area contributed by atoms with Crippen molar-refractivity contribution in [2.24, 2.45) is 5.73 Å². The summed E-state index contributed by atoms with van der Waals surface area (Å²) in [4.78, 5) is 20.6. The van der Waals surface area contributed by atoms with E-state index in [0.717, 1.165) is 13.0 Å². The summed E-state index contributed by atoms with van der Waals surface area (Å²) in [6.45, 7) is 2.76. The zero-order valence-corrected chi connectivity index (χ0v) is 9.95. The summed E-state index contributed by atoms with van der Waals surface area (Å²) in [6, 6.07) is 2.99. The van der Waals surface area contributed by atoms with E-state index in [1.807, 2.05) is 6.92 Å². The second-order valence-electron chi connectivity index (χ2n) is 3.48. The maximum Gasteiger partial charge on any atom is 0.248 e. The fourth-order valence-corrected chi connectivity index (χ4v) is 1.37. The summed E-state index contributed by atoms with van der Waals surface area (Å²) in [6.07, 6.45) is 0.934. The van der Waals surface area contributed by atoms with Crippen LogP contribution in [-0.4, -0.2) is 19.6 Å². The average molecular weight is 239 g/mol. The van der Waals surface area contributed by atoms with Crippen molar-refractivity contribution in [2.75, 3.05) is 24.7 Å². The minimum Gasteiger partial charge on any atom is -0.397 e. The Bertz CT molecular complexity index is 407. The van der Waals surface area contributed by atoms with Crippen molar-refractivity contribution < 1.29 is 14.6 Å². The Morgan fingerprint density at radius 3 is 2.71 bits per heavy atom. The lowest BCUT2D eigenvalue weighted by Crippen LogP contribution is -2.13. The van der Waals surface area contributed by atoms with Crippen LogP contribution in [0.15, 0.2) is 12.1 Å². The maximum atomic E-state index is 11.1. The number of hydrogen-bond donors (Lipinski definition) is 3. The molecule has 6 nitrogen and oxygen atoms in total. The lowest BCUT2D eigenvalue weighted by molar-refractivity contribution is -0.177. The van der Waals surface area contributed by atoms with Gasteiger partial charge in [-0.1, -0.05) is 6.92 Å². The van der Waals surface area contributed by atoms with Crippen molar-refractivity contribution >= 4 is 17.3 Å². The Balaban J connectivity index is 3.12. The van der Waals surface area contributed by atoms with Gasteiger partial charge in [-0.25, -0.2) is 0 Å². The lowest BCUT2D eigenvalue weighted by Gasteiger charge is -2.14. The number of carbonyl (C=O) groups excluding carboxylic acids is 1. The minimum absolute atomic E-state index is 0.275. The zero-order valence-electron chi connectivity index (χ0n) is 9.95. The molecular weight excluding hydrogens is 222 g/mol. The molecule has 1 amide bonds. The number of carbonyl (C=O) groups is 1. The average Bonchev–Trinajstić information content (AvgIpc) is 2.28. The van der Waals surface area contributed by atoms with Crippen LogP contribution < -0.4 is 21.7 Å². The molecule has 1 aromatic rings. The highest BCUT2D eigenvalue weighted by atomic mass is 17.2. The van der Waals surface area contributed by atoms with Crippen molar-refractivity contribution in [2.45, 2.75) is 13.3 Å². The van der Waals surface area contributed by atoms with Crippen LogP contribution in [0.2, 0.25) is 0 Å². The summed E-state index contributed by atoms with van der Waals surface area (Å²) in [5.74, 6) is -0.227. The topological polar surface area (TPSA) is 99.6 Å². The predicted molar refractivity (Wildman–Crippen MR) is 65.8 cm³/mol. The van der Waals surface area contributed by atoms with Crippen molar-refractivity contribution in [1.82, 2.24) is 0 Å². The van der Waals surface area contributed by atoms with E-state index in [0.29, 0.717) is 17.1 Å². The fraction of sp³-hybridized carbons (Fsp3) is 0.364. The molecule has 0 fully saturated rings. The van der Waals surface area contributed by atoms with Crippen LogP contribution in [0, 0.1) is 0 Å². The number of amides is 1. The van der Waals surface area contributed by atoms with Gasteiger partial charge in [0.05, 0.1) is 12.8 Å². The van der Waals surface area contributed by atoms with Crippen LogP contribution in [0.5, 0.6) is 5.75 Å². The molecule has 17 heavy (non-hydrogen) atoms. The fourth-order valence-electron chi connectivity index (χ4n) is 1.37. The quantitative estimate of drug-likeness (QED) is 0.392. The number of benzene rings is 1. The molecule has 0 saturated heterocycles. The molecule has 0 atom stereocenters. The van der Waals surface area contributed by atoms with Crippen LogP contribution in [0.3, 0.4) is 0 Å². The Kier molecular flexibility index (Phi) is 4.59. The normalized spacial score (nSPS) is 10.0. The molecule has 0 aliphatic heterocycles. The molecule has 0 saturated carbocycles. The first kappa shape index (κ1) is 13.1. The molecule has 0 bridgehead atoms. The van der Waals surface area contributed by atoms with E-state index in [1.54, 1.807) is 0 Å². The number of rotatable bonds is 6. The third-order valence-corrected chi connectivity index (χ3v) is 2.14. The van der Waals surface area contributed by atoms with Crippen molar-refractivity contribution in [3.05, 3.63) is 17.7 Å². The van der Waals surface area contributed by atoms with Gasteiger partial charge in [0.15, 0.2) is 5.75 Å². The lowest BCUT2D eigenvalue weighted by atomic mass is 10.1. The molecule has 0 spiro atoms. The SMILES string of the molecule is CCCNc1c(N)cc(C(N)=O)cc1OOC. The Labute approximate surface area is 99.8 Å². The summed E-state index contributed by atoms with van der Waals surface area (Å²) in [7, 11) is 1.37.